The standard InChI is InChI=1S/C28H30FN5O4S.ClH/c1-39(36,37)32-24-6-12-27(13-7-24)38-26-10-2-21(3-11-26)20-33-17-14-23(15-18-33)31-28(35)34(19-16-30)25-8-4-22(29)5-9-25;/h2-13,23,32H,14-15,17-20H2,1H3,(H,31,35);1H. The van der Waals surface area contributed by atoms with E-state index in [2.05, 4.69) is 14.9 Å². The van der Waals surface area contributed by atoms with Gasteiger partial charge in [0.25, 0.3) is 0 Å². The number of nitriles is 1. The van der Waals surface area contributed by atoms with E-state index >= 15 is 0 Å². The number of rotatable bonds is 9. The lowest BCUT2D eigenvalue weighted by atomic mass is 10.0. The van der Waals surface area contributed by atoms with Crippen molar-refractivity contribution in [1.82, 2.24) is 10.2 Å². The van der Waals surface area contributed by atoms with E-state index in [4.69, 9.17) is 10.00 Å². The molecular formula is C28H31ClFN5O4S. The molecule has 212 valence electrons. The smallest absolute Gasteiger partial charge is 0.323 e. The van der Waals surface area contributed by atoms with Crippen LogP contribution in [0.3, 0.4) is 0 Å². The Kier molecular flexibility index (Phi) is 10.7. The summed E-state index contributed by atoms with van der Waals surface area (Å²) < 4.78 is 44.2. The summed E-state index contributed by atoms with van der Waals surface area (Å²) in [5.41, 5.74) is 2.08. The molecule has 3 aromatic rings. The van der Waals surface area contributed by atoms with E-state index in [0.717, 1.165) is 44.3 Å². The van der Waals surface area contributed by atoms with Gasteiger partial charge in [0.1, 0.15) is 23.9 Å². The average Bonchev–Trinajstić information content (AvgIpc) is 2.90. The number of carbonyl (C=O) groups excluding carboxylic acids is 1. The highest BCUT2D eigenvalue weighted by Crippen LogP contribution is 2.24. The monoisotopic (exact) mass is 587 g/mol. The Labute approximate surface area is 240 Å². The first kappa shape index (κ1) is 30.7. The van der Waals surface area contributed by atoms with Crippen molar-refractivity contribution in [3.05, 3.63) is 84.2 Å². The van der Waals surface area contributed by atoms with Crippen molar-refractivity contribution in [2.45, 2.75) is 25.4 Å². The first-order chi connectivity index (χ1) is 18.7. The van der Waals surface area contributed by atoms with E-state index in [1.165, 1.54) is 29.2 Å². The van der Waals surface area contributed by atoms with Crippen LogP contribution in [0.4, 0.5) is 20.6 Å². The number of hydrogen-bond acceptors (Lipinski definition) is 6. The third kappa shape index (κ3) is 9.12. The minimum Gasteiger partial charge on any atom is -0.457 e. The van der Waals surface area contributed by atoms with Crippen molar-refractivity contribution in [3.8, 4) is 17.6 Å². The van der Waals surface area contributed by atoms with Gasteiger partial charge in [0.2, 0.25) is 10.0 Å². The summed E-state index contributed by atoms with van der Waals surface area (Å²) in [5, 5.41) is 12.1. The predicted molar refractivity (Wildman–Crippen MR) is 155 cm³/mol. The lowest BCUT2D eigenvalue weighted by Crippen LogP contribution is -2.49. The summed E-state index contributed by atoms with van der Waals surface area (Å²) in [7, 11) is -3.33. The normalized spacial score (nSPS) is 13.9. The van der Waals surface area contributed by atoms with Gasteiger partial charge < -0.3 is 10.1 Å². The fourth-order valence-electron chi connectivity index (χ4n) is 4.32. The van der Waals surface area contributed by atoms with Gasteiger partial charge in [-0.25, -0.2) is 17.6 Å². The van der Waals surface area contributed by atoms with Gasteiger partial charge in [-0.05, 0) is 79.1 Å². The number of hydrogen-bond donors (Lipinski definition) is 2. The maximum atomic E-state index is 13.3. The number of benzene rings is 3. The van der Waals surface area contributed by atoms with Crippen molar-refractivity contribution < 1.29 is 22.3 Å². The van der Waals surface area contributed by atoms with Crippen molar-refractivity contribution in [2.24, 2.45) is 0 Å². The number of ether oxygens (including phenoxy) is 1. The number of piperidine rings is 1. The zero-order chi connectivity index (χ0) is 27.8. The minimum atomic E-state index is -3.33. The molecule has 1 heterocycles. The number of urea groups is 1. The Morgan fingerprint density at radius 2 is 1.60 bits per heavy atom. The molecule has 2 N–H and O–H groups in total. The Morgan fingerprint density at radius 1 is 1.02 bits per heavy atom. The van der Waals surface area contributed by atoms with Crippen LogP contribution in [0, 0.1) is 17.1 Å². The van der Waals surface area contributed by atoms with Crippen LogP contribution < -0.4 is 19.7 Å². The van der Waals surface area contributed by atoms with Crippen LogP contribution in [0.1, 0.15) is 18.4 Å². The Hall–Kier alpha value is -3.85. The second-order valence-electron chi connectivity index (χ2n) is 9.37. The summed E-state index contributed by atoms with van der Waals surface area (Å²) >= 11 is 0. The zero-order valence-electron chi connectivity index (χ0n) is 21.9. The largest absolute Gasteiger partial charge is 0.457 e. The molecule has 1 fully saturated rings. The lowest BCUT2D eigenvalue weighted by molar-refractivity contribution is 0.188. The molecular weight excluding hydrogens is 557 g/mol. The number of likely N-dealkylation sites (tertiary alicyclic amines) is 1. The molecule has 0 bridgehead atoms. The van der Waals surface area contributed by atoms with E-state index in [9.17, 15) is 17.6 Å². The molecule has 4 rings (SSSR count). The topological polar surface area (TPSA) is 115 Å². The lowest BCUT2D eigenvalue weighted by Gasteiger charge is -2.33. The van der Waals surface area contributed by atoms with Gasteiger partial charge in [0, 0.05) is 37.1 Å². The summed E-state index contributed by atoms with van der Waals surface area (Å²) in [6.07, 6.45) is 2.66. The summed E-state index contributed by atoms with van der Waals surface area (Å²) in [5.74, 6) is 0.868. The highest BCUT2D eigenvalue weighted by Gasteiger charge is 2.24. The van der Waals surface area contributed by atoms with Gasteiger partial charge in [-0.1, -0.05) is 12.1 Å². The van der Waals surface area contributed by atoms with E-state index in [1.807, 2.05) is 30.3 Å². The van der Waals surface area contributed by atoms with Gasteiger partial charge in [0.15, 0.2) is 0 Å². The maximum Gasteiger partial charge on any atom is 0.323 e. The molecule has 1 aliphatic heterocycles. The second-order valence-corrected chi connectivity index (χ2v) is 11.1. The third-order valence-corrected chi connectivity index (χ3v) is 6.86. The van der Waals surface area contributed by atoms with Crippen LogP contribution in [0.25, 0.3) is 0 Å². The van der Waals surface area contributed by atoms with E-state index in [0.29, 0.717) is 22.9 Å². The molecule has 0 spiro atoms. The fraction of sp³-hybridized carbons (Fsp3) is 0.286. The van der Waals surface area contributed by atoms with Crippen molar-refractivity contribution >= 4 is 39.8 Å². The molecule has 1 aliphatic rings. The van der Waals surface area contributed by atoms with Gasteiger partial charge in [-0.3, -0.25) is 14.5 Å². The van der Waals surface area contributed by atoms with Gasteiger partial charge in [-0.15, -0.1) is 12.4 Å². The fourth-order valence-corrected chi connectivity index (χ4v) is 4.89. The molecule has 0 atom stereocenters. The zero-order valence-corrected chi connectivity index (χ0v) is 23.6. The minimum absolute atomic E-state index is 0. The SMILES string of the molecule is CS(=O)(=O)Nc1ccc(Oc2ccc(CN3CCC(NC(=O)N(CC#N)c4ccc(F)cc4)CC3)cc2)cc1.Cl. The number of anilines is 2. The molecule has 0 saturated carbocycles. The number of carbonyl (C=O) groups is 1. The van der Waals surface area contributed by atoms with Crippen LogP contribution in [-0.4, -0.2) is 51.3 Å². The van der Waals surface area contributed by atoms with Crippen LogP contribution >= 0.6 is 12.4 Å². The molecule has 40 heavy (non-hydrogen) atoms. The van der Waals surface area contributed by atoms with Crippen LogP contribution in [0.15, 0.2) is 72.8 Å². The molecule has 0 aromatic heterocycles. The molecule has 0 radical (unpaired) electrons. The number of nitrogens with zero attached hydrogens (tertiary/aromatic N) is 3. The quantitative estimate of drug-likeness (QED) is 0.336. The average molecular weight is 588 g/mol. The molecule has 12 heteroatoms. The van der Waals surface area contributed by atoms with Gasteiger partial charge >= 0.3 is 6.03 Å². The Balaban J connectivity index is 0.00000441. The highest BCUT2D eigenvalue weighted by atomic mass is 35.5. The maximum absolute atomic E-state index is 13.3. The molecule has 0 unspecified atom stereocenters. The molecule has 3 aromatic carbocycles. The number of nitrogens with one attached hydrogen (secondary N) is 2. The van der Waals surface area contributed by atoms with Crippen LogP contribution in [-0.2, 0) is 16.6 Å². The second kappa shape index (κ2) is 14.0. The summed E-state index contributed by atoms with van der Waals surface area (Å²) in [6, 6.07) is 21.6. The van der Waals surface area contributed by atoms with E-state index < -0.39 is 15.8 Å². The first-order valence-electron chi connectivity index (χ1n) is 12.5. The van der Waals surface area contributed by atoms with Crippen molar-refractivity contribution in [3.63, 3.8) is 0 Å². The van der Waals surface area contributed by atoms with E-state index in [1.54, 1.807) is 24.3 Å². The first-order valence-corrected chi connectivity index (χ1v) is 14.4. The Bertz CT molecular complexity index is 1410. The number of sulfonamides is 1. The van der Waals surface area contributed by atoms with Crippen molar-refractivity contribution in [1.29, 1.82) is 5.26 Å². The molecule has 0 aliphatic carbocycles. The Morgan fingerprint density at radius 3 is 2.15 bits per heavy atom. The molecule has 2 amide bonds. The third-order valence-electron chi connectivity index (χ3n) is 6.25. The number of amides is 2. The summed E-state index contributed by atoms with van der Waals surface area (Å²) in [4.78, 5) is 16.4. The highest BCUT2D eigenvalue weighted by molar-refractivity contribution is 7.92. The van der Waals surface area contributed by atoms with Gasteiger partial charge in [-0.2, -0.15) is 5.26 Å². The van der Waals surface area contributed by atoms with Crippen LogP contribution in [0.5, 0.6) is 11.5 Å². The molecule has 1 saturated heterocycles. The van der Waals surface area contributed by atoms with E-state index in [-0.39, 0.29) is 31.0 Å². The molecule has 9 nitrogen and oxygen atoms in total. The predicted octanol–water partition coefficient (Wildman–Crippen LogP) is 5.12. The number of halogens is 2. The van der Waals surface area contributed by atoms with Gasteiger partial charge in [0.05, 0.1) is 12.3 Å². The van der Waals surface area contributed by atoms with Crippen molar-refractivity contribution in [2.75, 3.05) is 35.5 Å². The summed E-state index contributed by atoms with van der Waals surface area (Å²) in [6.45, 7) is 2.27. The van der Waals surface area contributed by atoms with Crippen LogP contribution in [0.2, 0.25) is 0 Å².